The number of hydrogen-bond acceptors (Lipinski definition) is 6. The Labute approximate surface area is 130 Å². The van der Waals surface area contributed by atoms with E-state index in [9.17, 15) is 0 Å². The summed E-state index contributed by atoms with van der Waals surface area (Å²) in [7, 11) is -9.68. The molecule has 0 aromatic heterocycles. The van der Waals surface area contributed by atoms with E-state index in [1.54, 1.807) is 0 Å². The lowest BCUT2D eigenvalue weighted by Crippen LogP contribution is -2.56. The van der Waals surface area contributed by atoms with Gasteiger partial charge in [0.2, 0.25) is 0 Å². The van der Waals surface area contributed by atoms with Crippen molar-refractivity contribution >= 4 is 45.9 Å². The second-order valence-electron chi connectivity index (χ2n) is 5.99. The lowest BCUT2D eigenvalue weighted by atomic mass is 10.2. The van der Waals surface area contributed by atoms with Crippen molar-refractivity contribution in [3.05, 3.63) is 0 Å². The van der Waals surface area contributed by atoms with Crippen molar-refractivity contribution in [2.24, 2.45) is 0 Å². The van der Waals surface area contributed by atoms with E-state index in [0.29, 0.717) is 0 Å². The molecule has 1 fully saturated rings. The fourth-order valence-corrected chi connectivity index (χ4v) is 18.8. The first-order valence-corrected chi connectivity index (χ1v) is 17.6. The van der Waals surface area contributed by atoms with Crippen LogP contribution in [0.2, 0.25) is 32.7 Å². The van der Waals surface area contributed by atoms with Crippen LogP contribution >= 0.6 is 0 Å². The smallest absolute Gasteiger partial charge is 0.420 e. The van der Waals surface area contributed by atoms with Crippen molar-refractivity contribution in [1.29, 1.82) is 0 Å². The zero-order valence-corrected chi connectivity index (χ0v) is 19.4. The van der Waals surface area contributed by atoms with E-state index in [1.807, 2.05) is 53.5 Å². The molecule has 20 heavy (non-hydrogen) atoms. The van der Waals surface area contributed by atoms with E-state index in [2.05, 4.69) is 0 Å². The molecule has 1 heterocycles. The van der Waals surface area contributed by atoms with Gasteiger partial charge in [0.15, 0.2) is 0 Å². The minimum atomic E-state index is -2.73. The molecule has 0 aromatic rings. The molecular formula is C9H28O6Si5. The van der Waals surface area contributed by atoms with Crippen LogP contribution in [0.4, 0.5) is 0 Å². The standard InChI is InChI=1S/C9H28O6Si5/c1-9(2,3)10-20(8)14-18(6)12-16(4)11-17(5)13-19(7)15-20/h16-19H,1-8H3. The monoisotopic (exact) mass is 372 g/mol. The van der Waals surface area contributed by atoms with Gasteiger partial charge in [-0.2, -0.15) is 0 Å². The zero-order chi connectivity index (χ0) is 15.6. The first-order chi connectivity index (χ1) is 8.99. The molecular weight excluding hydrogens is 345 g/mol. The second kappa shape index (κ2) is 7.41. The van der Waals surface area contributed by atoms with Gasteiger partial charge in [0.05, 0.1) is 5.60 Å². The van der Waals surface area contributed by atoms with Gasteiger partial charge in [-0.1, -0.05) is 0 Å². The summed E-state index contributed by atoms with van der Waals surface area (Å²) in [5, 5.41) is 0. The van der Waals surface area contributed by atoms with E-state index in [1.165, 1.54) is 0 Å². The van der Waals surface area contributed by atoms with Crippen LogP contribution < -0.4 is 0 Å². The predicted molar refractivity (Wildman–Crippen MR) is 89.9 cm³/mol. The van der Waals surface area contributed by atoms with Gasteiger partial charge >= 0.3 is 27.4 Å². The lowest BCUT2D eigenvalue weighted by Gasteiger charge is -2.38. The van der Waals surface area contributed by atoms with Crippen LogP contribution in [0, 0.1) is 0 Å². The minimum Gasteiger partial charge on any atom is -0.420 e. The maximum absolute atomic E-state index is 6.10. The van der Waals surface area contributed by atoms with Crippen LogP contribution in [-0.2, 0) is 25.0 Å². The van der Waals surface area contributed by atoms with Crippen LogP contribution in [0.3, 0.4) is 0 Å². The third-order valence-electron chi connectivity index (χ3n) is 2.40. The van der Waals surface area contributed by atoms with Gasteiger partial charge in [-0.25, -0.2) is 0 Å². The summed E-state index contributed by atoms with van der Waals surface area (Å²) in [5.41, 5.74) is -0.310. The molecule has 0 aromatic carbocycles. The van der Waals surface area contributed by atoms with Crippen LogP contribution in [0.25, 0.3) is 0 Å². The Morgan fingerprint density at radius 3 is 1.45 bits per heavy atom. The maximum Gasteiger partial charge on any atom is 0.479 e. The zero-order valence-electron chi connectivity index (χ0n) is 13.8. The molecule has 0 aliphatic carbocycles. The number of hydrogen-bond donors (Lipinski definition) is 0. The summed E-state index contributed by atoms with van der Waals surface area (Å²) in [6.45, 7) is 16.0. The van der Waals surface area contributed by atoms with Crippen molar-refractivity contribution in [2.75, 3.05) is 0 Å². The molecule has 0 saturated carbocycles. The maximum atomic E-state index is 6.10. The van der Waals surface area contributed by atoms with Crippen molar-refractivity contribution in [3.63, 3.8) is 0 Å². The highest BCUT2D eigenvalue weighted by Gasteiger charge is 2.44. The van der Waals surface area contributed by atoms with Crippen molar-refractivity contribution < 1.29 is 25.0 Å². The van der Waals surface area contributed by atoms with Crippen LogP contribution in [0.15, 0.2) is 0 Å². The molecule has 0 N–H and O–H groups in total. The summed E-state index contributed by atoms with van der Waals surface area (Å²) in [5.74, 6) is 0. The van der Waals surface area contributed by atoms with Gasteiger partial charge in [0, 0.05) is 6.55 Å². The Balaban J connectivity index is 2.86. The molecule has 4 atom stereocenters. The summed E-state index contributed by atoms with van der Waals surface area (Å²) < 4.78 is 36.0. The fraction of sp³-hybridized carbons (Fsp3) is 1.00. The van der Waals surface area contributed by atoms with Crippen LogP contribution in [0.5, 0.6) is 0 Å². The molecule has 0 radical (unpaired) electrons. The molecule has 0 spiro atoms. The van der Waals surface area contributed by atoms with Gasteiger partial charge in [0.25, 0.3) is 18.6 Å². The molecule has 1 rings (SSSR count). The Morgan fingerprint density at radius 1 is 0.750 bits per heavy atom. The summed E-state index contributed by atoms with van der Waals surface area (Å²) in [4.78, 5) is 0. The van der Waals surface area contributed by atoms with Gasteiger partial charge in [0.1, 0.15) is 0 Å². The van der Waals surface area contributed by atoms with E-state index in [-0.39, 0.29) is 5.60 Å². The largest absolute Gasteiger partial charge is 0.479 e. The van der Waals surface area contributed by atoms with Gasteiger partial charge in [-0.15, -0.1) is 0 Å². The average molecular weight is 373 g/mol. The van der Waals surface area contributed by atoms with Crippen LogP contribution in [0.1, 0.15) is 20.8 Å². The Morgan fingerprint density at radius 2 is 1.10 bits per heavy atom. The third-order valence-corrected chi connectivity index (χ3v) is 18.7. The Kier molecular flexibility index (Phi) is 7.00. The van der Waals surface area contributed by atoms with Crippen molar-refractivity contribution in [1.82, 2.24) is 0 Å². The third kappa shape index (κ3) is 7.21. The molecule has 1 aliphatic heterocycles. The second-order valence-corrected chi connectivity index (χ2v) is 17.6. The quantitative estimate of drug-likeness (QED) is 0.637. The molecule has 0 amide bonds. The van der Waals surface area contributed by atoms with Crippen LogP contribution in [-0.4, -0.2) is 51.5 Å². The molecule has 6 nitrogen and oxygen atoms in total. The highest BCUT2D eigenvalue weighted by Crippen LogP contribution is 2.22. The lowest BCUT2D eigenvalue weighted by molar-refractivity contribution is 0.0477. The van der Waals surface area contributed by atoms with Gasteiger partial charge < -0.3 is 25.0 Å². The molecule has 4 unspecified atom stereocenters. The first-order valence-electron chi connectivity index (χ1n) is 7.01. The van der Waals surface area contributed by atoms with Gasteiger partial charge in [-0.05, 0) is 47.0 Å². The summed E-state index contributed by atoms with van der Waals surface area (Å²) in [6, 6.07) is 0. The summed E-state index contributed by atoms with van der Waals surface area (Å²) in [6.07, 6.45) is 0. The normalized spacial score (nSPS) is 41.4. The Hall–Kier alpha value is 0.844. The highest BCUT2D eigenvalue weighted by molar-refractivity contribution is 6.77. The fourth-order valence-electron chi connectivity index (χ4n) is 2.16. The number of rotatable bonds is 1. The van der Waals surface area contributed by atoms with E-state index >= 15 is 0 Å². The first kappa shape index (κ1) is 18.9. The molecule has 1 aliphatic rings. The Bertz CT molecular complexity index is 296. The molecule has 120 valence electrons. The SMILES string of the molecule is C[SiH]1O[SiH](C)O[SiH](C)O[Si](C)(OC(C)(C)C)O[SiH](C)O1. The topological polar surface area (TPSA) is 55.4 Å². The van der Waals surface area contributed by atoms with E-state index < -0.39 is 45.9 Å². The average Bonchev–Trinajstić information content (AvgIpc) is 2.08. The highest BCUT2D eigenvalue weighted by atomic mass is 28.5. The minimum absolute atomic E-state index is 0.310. The van der Waals surface area contributed by atoms with E-state index in [4.69, 9.17) is 25.0 Å². The summed E-state index contributed by atoms with van der Waals surface area (Å²) >= 11 is 0. The van der Waals surface area contributed by atoms with E-state index in [0.717, 1.165) is 0 Å². The predicted octanol–water partition coefficient (Wildman–Crippen LogP) is 0.868. The molecule has 1 saturated heterocycles. The van der Waals surface area contributed by atoms with Gasteiger partial charge in [-0.3, -0.25) is 0 Å². The van der Waals surface area contributed by atoms with Crippen molar-refractivity contribution in [2.45, 2.75) is 59.1 Å². The molecule has 0 bridgehead atoms. The van der Waals surface area contributed by atoms with Crippen molar-refractivity contribution in [3.8, 4) is 0 Å². The molecule has 11 heteroatoms.